The summed E-state index contributed by atoms with van der Waals surface area (Å²) in [6.07, 6.45) is 2.45. The van der Waals surface area contributed by atoms with Crippen molar-refractivity contribution in [2.24, 2.45) is 5.73 Å². The van der Waals surface area contributed by atoms with E-state index in [1.807, 2.05) is 24.4 Å². The Kier molecular flexibility index (Phi) is 3.16. The van der Waals surface area contributed by atoms with Crippen molar-refractivity contribution in [1.29, 1.82) is 0 Å². The normalized spacial score (nSPS) is 10.8. The number of carbonyl (C=O) groups is 1. The van der Waals surface area contributed by atoms with Crippen LogP contribution >= 0.6 is 11.6 Å². The highest BCUT2D eigenvalue weighted by Gasteiger charge is 2.09. The van der Waals surface area contributed by atoms with Crippen molar-refractivity contribution < 1.29 is 4.79 Å². The van der Waals surface area contributed by atoms with Gasteiger partial charge < -0.3 is 10.7 Å². The maximum atomic E-state index is 11.2. The number of halogens is 1. The van der Waals surface area contributed by atoms with Gasteiger partial charge in [-0.05, 0) is 41.3 Å². The predicted octanol–water partition coefficient (Wildman–Crippen LogP) is 2.91. The second-order valence-electron chi connectivity index (χ2n) is 4.57. The number of rotatable bonds is 3. The minimum absolute atomic E-state index is 0.229. The van der Waals surface area contributed by atoms with Gasteiger partial charge in [0, 0.05) is 18.1 Å². The van der Waals surface area contributed by atoms with Crippen molar-refractivity contribution in [2.75, 3.05) is 0 Å². The first kappa shape index (κ1) is 12.7. The number of nitrogens with one attached hydrogen (secondary N) is 1. The van der Waals surface area contributed by atoms with Gasteiger partial charge in [-0.1, -0.05) is 17.7 Å². The summed E-state index contributed by atoms with van der Waals surface area (Å²) in [6, 6.07) is 11.3. The maximum absolute atomic E-state index is 11.2. The number of hydrogen-bond donors (Lipinski definition) is 2. The van der Waals surface area contributed by atoms with Crippen molar-refractivity contribution in [3.63, 3.8) is 0 Å². The average Bonchev–Trinajstić information content (AvgIpc) is 2.88. The van der Waals surface area contributed by atoms with Crippen LogP contribution in [0.2, 0.25) is 5.02 Å². The number of aromatic nitrogens is 2. The largest absolute Gasteiger partial charge is 0.364 e. The molecule has 3 aromatic rings. The molecule has 2 heterocycles. The summed E-state index contributed by atoms with van der Waals surface area (Å²) in [7, 11) is 0. The second kappa shape index (κ2) is 4.98. The highest BCUT2D eigenvalue weighted by atomic mass is 35.5. The van der Waals surface area contributed by atoms with Gasteiger partial charge in [0.2, 0.25) is 0 Å². The van der Waals surface area contributed by atoms with Gasteiger partial charge in [-0.2, -0.15) is 0 Å². The van der Waals surface area contributed by atoms with Crippen molar-refractivity contribution in [3.05, 3.63) is 64.6 Å². The van der Waals surface area contributed by atoms with Gasteiger partial charge in [-0.25, -0.2) is 4.98 Å². The zero-order valence-corrected chi connectivity index (χ0v) is 11.3. The third-order valence-electron chi connectivity index (χ3n) is 3.16. The van der Waals surface area contributed by atoms with Gasteiger partial charge in [0.05, 0.1) is 10.7 Å². The van der Waals surface area contributed by atoms with E-state index in [0.717, 1.165) is 16.5 Å². The van der Waals surface area contributed by atoms with Gasteiger partial charge in [0.25, 0.3) is 5.91 Å². The Morgan fingerprint density at radius 3 is 2.90 bits per heavy atom. The molecule has 100 valence electrons. The lowest BCUT2D eigenvalue weighted by molar-refractivity contribution is 0.0995. The van der Waals surface area contributed by atoms with Gasteiger partial charge in [0.1, 0.15) is 5.69 Å². The van der Waals surface area contributed by atoms with Crippen LogP contribution < -0.4 is 5.73 Å². The molecule has 1 amide bonds. The topological polar surface area (TPSA) is 71.8 Å². The monoisotopic (exact) mass is 285 g/mol. The number of aromatic amines is 1. The molecule has 0 atom stereocenters. The number of primary amides is 1. The number of carbonyl (C=O) groups excluding carboxylic acids is 1. The fraction of sp³-hybridized carbons (Fsp3) is 0.0667. The van der Waals surface area contributed by atoms with E-state index >= 15 is 0 Å². The molecule has 3 N–H and O–H groups in total. The molecule has 20 heavy (non-hydrogen) atoms. The molecule has 0 aliphatic rings. The molecule has 0 fully saturated rings. The van der Waals surface area contributed by atoms with E-state index in [-0.39, 0.29) is 5.69 Å². The van der Waals surface area contributed by atoms with Gasteiger partial charge in [0.15, 0.2) is 0 Å². The standard InChI is InChI=1S/C15H12ClN3O/c16-11-2-4-13(15(17)20)19-14(11)8-9-1-3-12-10(7-9)5-6-18-12/h1-7,18H,8H2,(H2,17,20). The Hall–Kier alpha value is -2.33. The molecule has 5 heteroatoms. The first-order valence-electron chi connectivity index (χ1n) is 6.15. The quantitative estimate of drug-likeness (QED) is 0.776. The van der Waals surface area contributed by atoms with Crippen LogP contribution in [0.3, 0.4) is 0 Å². The summed E-state index contributed by atoms with van der Waals surface area (Å²) in [5.74, 6) is -0.552. The van der Waals surface area contributed by atoms with Crippen molar-refractivity contribution in [2.45, 2.75) is 6.42 Å². The Morgan fingerprint density at radius 2 is 2.10 bits per heavy atom. The summed E-state index contributed by atoms with van der Waals surface area (Å²) in [6.45, 7) is 0. The highest BCUT2D eigenvalue weighted by molar-refractivity contribution is 6.31. The molecule has 0 aliphatic heterocycles. The number of fused-ring (bicyclic) bond motifs is 1. The molecule has 0 unspecified atom stereocenters. The summed E-state index contributed by atoms with van der Waals surface area (Å²) in [5, 5.41) is 1.66. The number of hydrogen-bond acceptors (Lipinski definition) is 2. The lowest BCUT2D eigenvalue weighted by Crippen LogP contribution is -2.14. The number of nitrogens with two attached hydrogens (primary N) is 1. The highest BCUT2D eigenvalue weighted by Crippen LogP contribution is 2.21. The van der Waals surface area contributed by atoms with E-state index in [9.17, 15) is 4.79 Å². The first-order valence-corrected chi connectivity index (χ1v) is 6.52. The van der Waals surface area contributed by atoms with E-state index < -0.39 is 5.91 Å². The molecule has 1 aromatic carbocycles. The van der Waals surface area contributed by atoms with Crippen LogP contribution in [0.4, 0.5) is 0 Å². The lowest BCUT2D eigenvalue weighted by atomic mass is 10.1. The fourth-order valence-corrected chi connectivity index (χ4v) is 2.32. The van der Waals surface area contributed by atoms with Gasteiger partial charge in [-0.15, -0.1) is 0 Å². The summed E-state index contributed by atoms with van der Waals surface area (Å²) < 4.78 is 0. The average molecular weight is 286 g/mol. The third-order valence-corrected chi connectivity index (χ3v) is 3.50. The summed E-state index contributed by atoms with van der Waals surface area (Å²) >= 11 is 6.13. The first-order chi connectivity index (χ1) is 9.63. The lowest BCUT2D eigenvalue weighted by Gasteiger charge is -2.06. The van der Waals surface area contributed by atoms with E-state index in [2.05, 4.69) is 16.0 Å². The molecule has 0 saturated heterocycles. The fourth-order valence-electron chi connectivity index (χ4n) is 2.15. The molecule has 3 rings (SSSR count). The Labute approximate surface area is 120 Å². The molecule has 0 radical (unpaired) electrons. The van der Waals surface area contributed by atoms with Crippen molar-refractivity contribution in [3.8, 4) is 0 Å². The van der Waals surface area contributed by atoms with E-state index in [4.69, 9.17) is 17.3 Å². The minimum atomic E-state index is -0.552. The van der Waals surface area contributed by atoms with E-state index in [1.165, 1.54) is 6.07 Å². The maximum Gasteiger partial charge on any atom is 0.267 e. The van der Waals surface area contributed by atoms with Gasteiger partial charge in [-0.3, -0.25) is 4.79 Å². The van der Waals surface area contributed by atoms with Crippen molar-refractivity contribution >= 4 is 28.4 Å². The smallest absolute Gasteiger partial charge is 0.267 e. The Bertz CT molecular complexity index is 795. The molecule has 0 saturated carbocycles. The third kappa shape index (κ3) is 2.38. The van der Waals surface area contributed by atoms with Crippen LogP contribution in [0.25, 0.3) is 10.9 Å². The van der Waals surface area contributed by atoms with Gasteiger partial charge >= 0.3 is 0 Å². The number of H-pyrrole nitrogens is 1. The number of nitrogens with zero attached hydrogens (tertiary/aromatic N) is 1. The van der Waals surface area contributed by atoms with Crippen LogP contribution in [-0.2, 0) is 6.42 Å². The Balaban J connectivity index is 1.97. The molecule has 0 bridgehead atoms. The summed E-state index contributed by atoms with van der Waals surface area (Å²) in [4.78, 5) is 18.5. The molecule has 2 aromatic heterocycles. The zero-order valence-electron chi connectivity index (χ0n) is 10.6. The number of pyridine rings is 1. The van der Waals surface area contributed by atoms with Crippen LogP contribution in [0.5, 0.6) is 0 Å². The minimum Gasteiger partial charge on any atom is -0.364 e. The SMILES string of the molecule is NC(=O)c1ccc(Cl)c(Cc2ccc3[nH]ccc3c2)n1. The van der Waals surface area contributed by atoms with E-state index in [0.29, 0.717) is 17.1 Å². The zero-order chi connectivity index (χ0) is 14.1. The molecular weight excluding hydrogens is 274 g/mol. The Morgan fingerprint density at radius 1 is 1.25 bits per heavy atom. The van der Waals surface area contributed by atoms with E-state index in [1.54, 1.807) is 6.07 Å². The van der Waals surface area contributed by atoms with Crippen LogP contribution in [0.1, 0.15) is 21.7 Å². The van der Waals surface area contributed by atoms with Crippen LogP contribution in [0, 0.1) is 0 Å². The molecule has 0 spiro atoms. The predicted molar refractivity (Wildman–Crippen MR) is 78.9 cm³/mol. The number of amides is 1. The van der Waals surface area contributed by atoms with Crippen LogP contribution in [-0.4, -0.2) is 15.9 Å². The molecular formula is C15H12ClN3O. The van der Waals surface area contributed by atoms with Crippen molar-refractivity contribution in [1.82, 2.24) is 9.97 Å². The molecule has 0 aliphatic carbocycles. The molecule has 4 nitrogen and oxygen atoms in total. The second-order valence-corrected chi connectivity index (χ2v) is 4.97. The number of benzene rings is 1. The summed E-state index contributed by atoms with van der Waals surface area (Å²) in [5.41, 5.74) is 8.28. The van der Waals surface area contributed by atoms with Crippen LogP contribution in [0.15, 0.2) is 42.6 Å².